The highest BCUT2D eigenvalue weighted by molar-refractivity contribution is 7.89. The molecule has 0 spiro atoms. The first-order valence-corrected chi connectivity index (χ1v) is 14.4. The van der Waals surface area contributed by atoms with Crippen LogP contribution in [-0.4, -0.2) is 91.9 Å². The number of anilines is 1. The molecule has 2 aliphatic rings. The normalized spacial score (nSPS) is 24.5. The molecule has 4 rings (SSSR count). The molecule has 2 saturated heterocycles. The van der Waals surface area contributed by atoms with Crippen LogP contribution in [0.25, 0.3) is 0 Å². The molecule has 2 aliphatic heterocycles. The molecule has 5 N–H and O–H groups in total. The second kappa shape index (κ2) is 12.6. The van der Waals surface area contributed by atoms with Gasteiger partial charge in [-0.15, -0.1) is 0 Å². The zero-order valence-corrected chi connectivity index (χ0v) is 22.9. The van der Waals surface area contributed by atoms with Crippen LogP contribution in [-0.2, 0) is 30.7 Å². The minimum absolute atomic E-state index is 0.0247. The van der Waals surface area contributed by atoms with Crippen LogP contribution in [0.5, 0.6) is 0 Å². The summed E-state index contributed by atoms with van der Waals surface area (Å²) >= 11 is 0. The Balaban J connectivity index is 1.50. The van der Waals surface area contributed by atoms with E-state index in [0.29, 0.717) is 5.69 Å². The third-order valence-electron chi connectivity index (χ3n) is 6.78. The molecule has 0 unspecified atom stereocenters. The zero-order chi connectivity index (χ0) is 28.2. The van der Waals surface area contributed by atoms with E-state index in [4.69, 9.17) is 19.9 Å². The number of rotatable bonds is 11. The Morgan fingerprint density at radius 1 is 1.08 bits per heavy atom. The third-order valence-corrected chi connectivity index (χ3v) is 8.63. The molecule has 1 amide bonds. The number of carbonyl (C=O) groups excluding carboxylic acids is 1. The van der Waals surface area contributed by atoms with E-state index in [2.05, 4.69) is 5.32 Å². The lowest BCUT2D eigenvalue weighted by Crippen LogP contribution is -2.52. The highest BCUT2D eigenvalue weighted by atomic mass is 32.2. The number of nitrogens with two attached hydrogens (primary N) is 1. The summed E-state index contributed by atoms with van der Waals surface area (Å²) in [6.45, 7) is 3.85. The summed E-state index contributed by atoms with van der Waals surface area (Å²) in [5.41, 5.74) is 7.01. The average molecular weight is 564 g/mol. The van der Waals surface area contributed by atoms with Gasteiger partial charge in [-0.3, -0.25) is 0 Å². The van der Waals surface area contributed by atoms with Gasteiger partial charge in [0.05, 0.1) is 30.3 Å². The first-order chi connectivity index (χ1) is 18.5. The lowest BCUT2D eigenvalue weighted by Gasteiger charge is -2.31. The van der Waals surface area contributed by atoms with Crippen molar-refractivity contribution in [1.82, 2.24) is 9.62 Å². The molecule has 0 aromatic heterocycles. The molecular weight excluding hydrogens is 526 g/mol. The summed E-state index contributed by atoms with van der Waals surface area (Å²) in [6, 6.07) is 14.3. The molecule has 0 aliphatic carbocycles. The van der Waals surface area contributed by atoms with Crippen molar-refractivity contribution in [3.8, 4) is 0 Å². The van der Waals surface area contributed by atoms with Crippen molar-refractivity contribution >= 4 is 21.8 Å². The van der Waals surface area contributed by atoms with Crippen molar-refractivity contribution < 1.29 is 37.6 Å². The number of ether oxygens (including phenoxy) is 3. The van der Waals surface area contributed by atoms with Crippen molar-refractivity contribution in [2.24, 2.45) is 5.92 Å². The molecule has 0 saturated carbocycles. The van der Waals surface area contributed by atoms with Crippen LogP contribution in [0, 0.1) is 5.92 Å². The van der Waals surface area contributed by atoms with E-state index in [-0.39, 0.29) is 43.5 Å². The lowest BCUT2D eigenvalue weighted by molar-refractivity contribution is -0.00897. The van der Waals surface area contributed by atoms with Gasteiger partial charge >= 0.3 is 6.09 Å². The Kier molecular flexibility index (Phi) is 9.47. The Hall–Kier alpha value is -2.74. The Morgan fingerprint density at radius 3 is 2.41 bits per heavy atom. The highest BCUT2D eigenvalue weighted by Crippen LogP contribution is 2.29. The van der Waals surface area contributed by atoms with Crippen molar-refractivity contribution in [3.63, 3.8) is 0 Å². The average Bonchev–Trinajstić information content (AvgIpc) is 3.46. The molecule has 6 atom stereocenters. The maximum absolute atomic E-state index is 13.5. The van der Waals surface area contributed by atoms with Gasteiger partial charge in [-0.05, 0) is 42.2 Å². The number of carbonyl (C=O) groups is 1. The number of amides is 1. The standard InChI is InChI=1S/C27H37N3O8S/c1-17(2)13-30(39(34,35)20-10-8-19(28)9-11-20)14-22(31)21(12-18-6-4-3-5-7-18)29-27(33)38-24-16-37-25-23(32)15-36-26(24)25/h3-11,17,21-26,31-32H,12-16,28H2,1-2H3,(H,29,33)/t21-,22+,23-,24+,25-,26-/m0/s1. The van der Waals surface area contributed by atoms with Crippen LogP contribution in [0.4, 0.5) is 10.5 Å². The second-order valence-corrected chi connectivity index (χ2v) is 12.3. The summed E-state index contributed by atoms with van der Waals surface area (Å²) in [4.78, 5) is 13.0. The fraction of sp³-hybridized carbons (Fsp3) is 0.519. The number of aliphatic hydroxyl groups excluding tert-OH is 2. The molecule has 0 radical (unpaired) electrons. The molecule has 2 aromatic rings. The van der Waals surface area contributed by atoms with Gasteiger partial charge in [0.15, 0.2) is 6.10 Å². The van der Waals surface area contributed by atoms with Crippen LogP contribution < -0.4 is 11.1 Å². The van der Waals surface area contributed by atoms with E-state index >= 15 is 0 Å². The molecule has 12 heteroatoms. The van der Waals surface area contributed by atoms with Gasteiger partial charge in [0.1, 0.15) is 18.3 Å². The molecule has 2 fully saturated rings. The summed E-state index contributed by atoms with van der Waals surface area (Å²) in [5, 5.41) is 24.0. The largest absolute Gasteiger partial charge is 0.441 e. The van der Waals surface area contributed by atoms with Crippen LogP contribution in [0.2, 0.25) is 0 Å². The van der Waals surface area contributed by atoms with Gasteiger partial charge in [0.25, 0.3) is 0 Å². The number of benzene rings is 2. The number of nitrogens with zero attached hydrogens (tertiary/aromatic N) is 1. The molecule has 39 heavy (non-hydrogen) atoms. The maximum atomic E-state index is 13.5. The van der Waals surface area contributed by atoms with Gasteiger partial charge in [-0.25, -0.2) is 13.2 Å². The number of alkyl carbamates (subject to hydrolysis) is 1. The van der Waals surface area contributed by atoms with Gasteiger partial charge in [-0.1, -0.05) is 44.2 Å². The monoisotopic (exact) mass is 563 g/mol. The van der Waals surface area contributed by atoms with E-state index < -0.39 is 52.7 Å². The van der Waals surface area contributed by atoms with Crippen LogP contribution in [0.3, 0.4) is 0 Å². The predicted molar refractivity (Wildman–Crippen MR) is 143 cm³/mol. The molecule has 0 bridgehead atoms. The predicted octanol–water partition coefficient (Wildman–Crippen LogP) is 1.14. The quantitative estimate of drug-likeness (QED) is 0.294. The zero-order valence-electron chi connectivity index (χ0n) is 22.0. The SMILES string of the molecule is CC(C)CN(C[C@@H](O)[C@H](Cc1ccccc1)NC(=O)O[C@@H]1CO[C@@H]2[C@H]1OC[C@@H]2O)S(=O)(=O)c1ccc(N)cc1. The number of hydrogen-bond donors (Lipinski definition) is 4. The maximum Gasteiger partial charge on any atom is 0.407 e. The first kappa shape index (κ1) is 29.2. The Morgan fingerprint density at radius 2 is 1.74 bits per heavy atom. The van der Waals surface area contributed by atoms with E-state index in [1.54, 1.807) is 0 Å². The molecular formula is C27H37N3O8S. The van der Waals surface area contributed by atoms with E-state index in [1.807, 2.05) is 44.2 Å². The minimum Gasteiger partial charge on any atom is -0.441 e. The smallest absolute Gasteiger partial charge is 0.407 e. The number of nitrogen functional groups attached to an aromatic ring is 1. The van der Waals surface area contributed by atoms with Crippen molar-refractivity contribution in [2.75, 3.05) is 32.0 Å². The van der Waals surface area contributed by atoms with Crippen molar-refractivity contribution in [1.29, 1.82) is 0 Å². The van der Waals surface area contributed by atoms with E-state index in [9.17, 15) is 23.4 Å². The topological polar surface area (TPSA) is 161 Å². The molecule has 2 aromatic carbocycles. The van der Waals surface area contributed by atoms with Gasteiger partial charge in [0.2, 0.25) is 10.0 Å². The van der Waals surface area contributed by atoms with E-state index in [0.717, 1.165) is 5.56 Å². The van der Waals surface area contributed by atoms with Crippen molar-refractivity contribution in [2.45, 2.75) is 61.7 Å². The number of nitrogens with one attached hydrogen (secondary N) is 1. The Bertz CT molecular complexity index is 1200. The van der Waals surface area contributed by atoms with Gasteiger partial charge in [0, 0.05) is 18.8 Å². The number of aliphatic hydroxyl groups is 2. The highest BCUT2D eigenvalue weighted by Gasteiger charge is 2.49. The van der Waals surface area contributed by atoms with Crippen LogP contribution >= 0.6 is 0 Å². The van der Waals surface area contributed by atoms with Gasteiger partial charge < -0.3 is 35.5 Å². The fourth-order valence-electron chi connectivity index (χ4n) is 4.82. The lowest BCUT2D eigenvalue weighted by atomic mass is 10.0. The van der Waals surface area contributed by atoms with Gasteiger partial charge in [-0.2, -0.15) is 4.31 Å². The fourth-order valence-corrected chi connectivity index (χ4v) is 6.44. The first-order valence-electron chi connectivity index (χ1n) is 13.0. The minimum atomic E-state index is -3.96. The van der Waals surface area contributed by atoms with Crippen molar-refractivity contribution in [3.05, 3.63) is 60.2 Å². The molecule has 214 valence electrons. The third kappa shape index (κ3) is 7.27. The summed E-state index contributed by atoms with van der Waals surface area (Å²) in [6.07, 6.45) is -4.47. The van der Waals surface area contributed by atoms with E-state index in [1.165, 1.54) is 28.6 Å². The second-order valence-electron chi connectivity index (χ2n) is 10.4. The summed E-state index contributed by atoms with van der Waals surface area (Å²) in [5.74, 6) is -0.0247. The van der Waals surface area contributed by atoms with Crippen LogP contribution in [0.15, 0.2) is 59.5 Å². The number of hydrogen-bond acceptors (Lipinski definition) is 9. The summed E-state index contributed by atoms with van der Waals surface area (Å²) in [7, 11) is -3.96. The molecule has 2 heterocycles. The number of sulfonamides is 1. The van der Waals surface area contributed by atoms with Crippen LogP contribution in [0.1, 0.15) is 19.4 Å². The summed E-state index contributed by atoms with van der Waals surface area (Å²) < 4.78 is 44.8. The Labute approximate surface area is 228 Å². The number of fused-ring (bicyclic) bond motifs is 1. The molecule has 11 nitrogen and oxygen atoms in total.